The lowest BCUT2D eigenvalue weighted by molar-refractivity contribution is -0.125. The number of nitrogens with one attached hydrogen (secondary N) is 2. The SMILES string of the molecule is COc1ccc(CNC(=O)C[C@@H]2O[C@H](CNS(=O)(=O)c3ccccc3)[C@@H](O)[C@H]2O)cc1. The Labute approximate surface area is 181 Å². The minimum Gasteiger partial charge on any atom is -0.497 e. The lowest BCUT2D eigenvalue weighted by atomic mass is 10.1. The van der Waals surface area contributed by atoms with E-state index < -0.39 is 34.4 Å². The molecule has 2 aromatic rings. The Hall–Kier alpha value is -2.50. The second-order valence-corrected chi connectivity index (χ2v) is 8.96. The fourth-order valence-corrected chi connectivity index (χ4v) is 4.30. The maximum Gasteiger partial charge on any atom is 0.240 e. The molecule has 0 aromatic heterocycles. The maximum absolute atomic E-state index is 12.3. The molecule has 1 aliphatic rings. The molecule has 0 unspecified atom stereocenters. The number of carbonyl (C=O) groups excluding carboxylic acids is 1. The largest absolute Gasteiger partial charge is 0.497 e. The van der Waals surface area contributed by atoms with Crippen LogP contribution < -0.4 is 14.8 Å². The van der Waals surface area contributed by atoms with Crippen molar-refractivity contribution in [3.05, 3.63) is 60.2 Å². The molecule has 3 rings (SSSR count). The fourth-order valence-electron chi connectivity index (χ4n) is 3.24. The Balaban J connectivity index is 1.49. The molecule has 1 fully saturated rings. The fraction of sp³-hybridized carbons (Fsp3) is 0.381. The van der Waals surface area contributed by atoms with Gasteiger partial charge in [0.2, 0.25) is 15.9 Å². The molecule has 2 aromatic carbocycles. The van der Waals surface area contributed by atoms with E-state index in [-0.39, 0.29) is 30.3 Å². The summed E-state index contributed by atoms with van der Waals surface area (Å²) in [6, 6.07) is 15.0. The van der Waals surface area contributed by atoms with Crippen LogP contribution in [0.4, 0.5) is 0 Å². The highest BCUT2D eigenvalue weighted by Gasteiger charge is 2.43. The normalized spacial score (nSPS) is 23.5. The van der Waals surface area contributed by atoms with E-state index in [1.165, 1.54) is 12.1 Å². The summed E-state index contributed by atoms with van der Waals surface area (Å²) in [4.78, 5) is 12.3. The highest BCUT2D eigenvalue weighted by Crippen LogP contribution is 2.24. The van der Waals surface area contributed by atoms with Crippen LogP contribution in [0.2, 0.25) is 0 Å². The van der Waals surface area contributed by atoms with Gasteiger partial charge >= 0.3 is 0 Å². The average Bonchev–Trinajstić information content (AvgIpc) is 3.05. The minimum atomic E-state index is -3.78. The van der Waals surface area contributed by atoms with Gasteiger partial charge in [-0.15, -0.1) is 0 Å². The number of rotatable bonds is 9. The predicted molar refractivity (Wildman–Crippen MR) is 112 cm³/mol. The van der Waals surface area contributed by atoms with E-state index >= 15 is 0 Å². The first-order valence-corrected chi connectivity index (χ1v) is 11.2. The highest BCUT2D eigenvalue weighted by molar-refractivity contribution is 7.89. The monoisotopic (exact) mass is 450 g/mol. The molecule has 1 heterocycles. The number of aliphatic hydroxyl groups excluding tert-OH is 2. The van der Waals surface area contributed by atoms with Gasteiger partial charge in [-0.1, -0.05) is 30.3 Å². The zero-order valence-corrected chi connectivity index (χ0v) is 17.8. The van der Waals surface area contributed by atoms with Gasteiger partial charge in [0.25, 0.3) is 0 Å². The minimum absolute atomic E-state index is 0.0810. The van der Waals surface area contributed by atoms with Crippen molar-refractivity contribution in [2.24, 2.45) is 0 Å². The predicted octanol–water partition coefficient (Wildman–Crippen LogP) is 0.169. The summed E-state index contributed by atoms with van der Waals surface area (Å²) in [5.41, 5.74) is 0.871. The van der Waals surface area contributed by atoms with Gasteiger partial charge in [0.15, 0.2) is 0 Å². The molecule has 0 spiro atoms. The summed E-state index contributed by atoms with van der Waals surface area (Å²) in [7, 11) is -2.22. The molecule has 1 amide bonds. The Morgan fingerprint density at radius 1 is 1.03 bits per heavy atom. The van der Waals surface area contributed by atoms with Crippen LogP contribution in [-0.2, 0) is 26.1 Å². The molecule has 0 radical (unpaired) electrons. The number of aliphatic hydroxyl groups is 2. The number of hydrogen-bond acceptors (Lipinski definition) is 7. The van der Waals surface area contributed by atoms with Gasteiger partial charge in [-0.3, -0.25) is 4.79 Å². The number of methoxy groups -OCH3 is 1. The number of amides is 1. The third-order valence-corrected chi connectivity index (χ3v) is 6.46. The van der Waals surface area contributed by atoms with Crippen LogP contribution >= 0.6 is 0 Å². The van der Waals surface area contributed by atoms with Crippen molar-refractivity contribution in [2.45, 2.75) is 42.3 Å². The first-order chi connectivity index (χ1) is 14.8. The Morgan fingerprint density at radius 2 is 1.68 bits per heavy atom. The molecular formula is C21H26N2O7S. The standard InChI is InChI=1S/C21H26N2O7S/c1-29-15-9-7-14(8-10-15)12-22-19(24)11-17-20(25)21(26)18(30-17)13-23-31(27,28)16-5-3-2-4-6-16/h2-10,17-18,20-21,23,25-26H,11-13H2,1H3,(H,22,24)/t17-,18+,20-,21+/m0/s1. The van der Waals surface area contributed by atoms with Crippen molar-refractivity contribution in [1.29, 1.82) is 0 Å². The van der Waals surface area contributed by atoms with Crippen LogP contribution in [0.5, 0.6) is 5.75 Å². The van der Waals surface area contributed by atoms with Crippen LogP contribution in [-0.4, -0.2) is 62.6 Å². The molecule has 9 nitrogen and oxygen atoms in total. The molecule has 10 heteroatoms. The molecular weight excluding hydrogens is 424 g/mol. The number of benzene rings is 2. The summed E-state index contributed by atoms with van der Waals surface area (Å²) in [6.45, 7) is 0.0495. The zero-order valence-electron chi connectivity index (χ0n) is 17.0. The second kappa shape index (κ2) is 10.2. The van der Waals surface area contributed by atoms with E-state index in [4.69, 9.17) is 9.47 Å². The van der Waals surface area contributed by atoms with E-state index in [1.54, 1.807) is 37.4 Å². The van der Waals surface area contributed by atoms with E-state index in [9.17, 15) is 23.4 Å². The van der Waals surface area contributed by atoms with Gasteiger partial charge in [-0.2, -0.15) is 0 Å². The summed E-state index contributed by atoms with van der Waals surface area (Å²) in [5.74, 6) is 0.345. The van der Waals surface area contributed by atoms with E-state index in [0.29, 0.717) is 5.75 Å². The number of ether oxygens (including phenoxy) is 2. The lowest BCUT2D eigenvalue weighted by Gasteiger charge is -2.15. The van der Waals surface area contributed by atoms with Gasteiger partial charge in [-0.05, 0) is 29.8 Å². The van der Waals surface area contributed by atoms with Crippen molar-refractivity contribution in [3.8, 4) is 5.75 Å². The highest BCUT2D eigenvalue weighted by atomic mass is 32.2. The van der Waals surface area contributed by atoms with Crippen molar-refractivity contribution in [1.82, 2.24) is 10.0 Å². The molecule has 4 N–H and O–H groups in total. The van der Waals surface area contributed by atoms with Crippen LogP contribution in [0.1, 0.15) is 12.0 Å². The molecule has 4 atom stereocenters. The first kappa shape index (κ1) is 23.2. The summed E-state index contributed by atoms with van der Waals surface area (Å²) in [6.07, 6.45) is -4.73. The Morgan fingerprint density at radius 3 is 2.32 bits per heavy atom. The molecule has 1 saturated heterocycles. The quantitative estimate of drug-likeness (QED) is 0.428. The third kappa shape index (κ3) is 6.02. The summed E-state index contributed by atoms with van der Waals surface area (Å²) in [5, 5.41) is 23.2. The maximum atomic E-state index is 12.3. The van der Waals surface area contributed by atoms with Gasteiger partial charge in [0, 0.05) is 13.1 Å². The van der Waals surface area contributed by atoms with Gasteiger partial charge in [-0.25, -0.2) is 13.1 Å². The molecule has 0 bridgehead atoms. The molecule has 0 aliphatic carbocycles. The van der Waals surface area contributed by atoms with Crippen LogP contribution in [0.15, 0.2) is 59.5 Å². The van der Waals surface area contributed by atoms with E-state index in [2.05, 4.69) is 10.0 Å². The summed E-state index contributed by atoms with van der Waals surface area (Å²) >= 11 is 0. The Kier molecular flexibility index (Phi) is 7.63. The van der Waals surface area contributed by atoms with Crippen molar-refractivity contribution >= 4 is 15.9 Å². The second-order valence-electron chi connectivity index (χ2n) is 7.19. The molecule has 31 heavy (non-hydrogen) atoms. The smallest absolute Gasteiger partial charge is 0.240 e. The van der Waals surface area contributed by atoms with Gasteiger partial charge < -0.3 is 25.0 Å². The van der Waals surface area contributed by atoms with Crippen LogP contribution in [0.25, 0.3) is 0 Å². The molecule has 0 saturated carbocycles. The first-order valence-electron chi connectivity index (χ1n) is 9.76. The number of sulfonamides is 1. The third-order valence-electron chi connectivity index (χ3n) is 5.02. The molecule has 168 valence electrons. The van der Waals surface area contributed by atoms with Crippen molar-refractivity contribution in [3.63, 3.8) is 0 Å². The van der Waals surface area contributed by atoms with Crippen molar-refractivity contribution < 1.29 is 32.9 Å². The zero-order chi connectivity index (χ0) is 22.4. The summed E-state index contributed by atoms with van der Waals surface area (Å²) < 4.78 is 37.6. The van der Waals surface area contributed by atoms with Crippen LogP contribution in [0, 0.1) is 0 Å². The van der Waals surface area contributed by atoms with Gasteiger partial charge in [0.1, 0.15) is 24.1 Å². The van der Waals surface area contributed by atoms with Crippen molar-refractivity contribution in [2.75, 3.05) is 13.7 Å². The van der Waals surface area contributed by atoms with Gasteiger partial charge in [0.05, 0.1) is 24.5 Å². The van der Waals surface area contributed by atoms with E-state index in [1.807, 2.05) is 12.1 Å². The lowest BCUT2D eigenvalue weighted by Crippen LogP contribution is -2.40. The van der Waals surface area contributed by atoms with Crippen LogP contribution in [0.3, 0.4) is 0 Å². The van der Waals surface area contributed by atoms with E-state index in [0.717, 1.165) is 5.56 Å². The molecule has 1 aliphatic heterocycles. The average molecular weight is 451 g/mol. The number of hydrogen-bond donors (Lipinski definition) is 4. The number of carbonyl (C=O) groups is 1. The topological polar surface area (TPSA) is 134 Å². The Bertz CT molecular complexity index is 967.